The zero-order valence-electron chi connectivity index (χ0n) is 15.4. The van der Waals surface area contributed by atoms with E-state index in [1.165, 1.54) is 0 Å². The van der Waals surface area contributed by atoms with Gasteiger partial charge in [0.15, 0.2) is 5.82 Å². The van der Waals surface area contributed by atoms with E-state index in [2.05, 4.69) is 15.3 Å². The molecule has 1 aromatic heterocycles. The Morgan fingerprint density at radius 2 is 1.71 bits per heavy atom. The van der Waals surface area contributed by atoms with E-state index in [1.54, 1.807) is 50.2 Å². The topological polar surface area (TPSA) is 75.1 Å². The van der Waals surface area contributed by atoms with Crippen LogP contribution in [0.3, 0.4) is 0 Å². The van der Waals surface area contributed by atoms with Crippen LogP contribution in [0.5, 0.6) is 0 Å². The lowest BCUT2D eigenvalue weighted by atomic mass is 10.1. The minimum absolute atomic E-state index is 0.0958. The minimum atomic E-state index is -1.03. The molecule has 0 aliphatic heterocycles. The fourth-order valence-corrected chi connectivity index (χ4v) is 2.79. The van der Waals surface area contributed by atoms with E-state index in [9.17, 15) is 9.90 Å². The lowest BCUT2D eigenvalue weighted by molar-refractivity contribution is 0.0692. The summed E-state index contributed by atoms with van der Waals surface area (Å²) in [7, 11) is 0. The van der Waals surface area contributed by atoms with Crippen LogP contribution in [0.15, 0.2) is 54.6 Å². The van der Waals surface area contributed by atoms with Crippen LogP contribution in [-0.4, -0.2) is 33.1 Å². The van der Waals surface area contributed by atoms with Crippen molar-refractivity contribution in [2.75, 3.05) is 6.54 Å². The van der Waals surface area contributed by atoms with Crippen molar-refractivity contribution in [3.63, 3.8) is 0 Å². The van der Waals surface area contributed by atoms with Crippen LogP contribution in [0.25, 0.3) is 22.6 Å². The molecule has 0 fully saturated rings. The summed E-state index contributed by atoms with van der Waals surface area (Å²) in [5, 5.41) is 13.7. The summed E-state index contributed by atoms with van der Waals surface area (Å²) in [6, 6.07) is 15.9. The summed E-state index contributed by atoms with van der Waals surface area (Å²) < 4.78 is 0. The molecule has 3 aromatic rings. The molecule has 1 amide bonds. The van der Waals surface area contributed by atoms with Gasteiger partial charge >= 0.3 is 0 Å². The van der Waals surface area contributed by atoms with Gasteiger partial charge in [-0.2, -0.15) is 0 Å². The molecule has 0 aliphatic rings. The van der Waals surface area contributed by atoms with Gasteiger partial charge in [-0.25, -0.2) is 9.97 Å². The van der Waals surface area contributed by atoms with Crippen molar-refractivity contribution >= 4 is 29.1 Å². The highest BCUT2D eigenvalue weighted by atomic mass is 35.5. The van der Waals surface area contributed by atoms with Gasteiger partial charge in [0.05, 0.1) is 11.3 Å². The van der Waals surface area contributed by atoms with Gasteiger partial charge in [-0.1, -0.05) is 47.5 Å². The number of rotatable bonds is 5. The van der Waals surface area contributed by atoms with Crippen molar-refractivity contribution < 1.29 is 9.90 Å². The second-order valence-corrected chi connectivity index (χ2v) is 7.85. The second-order valence-electron chi connectivity index (χ2n) is 6.97. The Morgan fingerprint density at radius 1 is 1.00 bits per heavy atom. The van der Waals surface area contributed by atoms with Gasteiger partial charge in [-0.3, -0.25) is 4.79 Å². The monoisotopic (exact) mass is 415 g/mol. The van der Waals surface area contributed by atoms with Crippen molar-refractivity contribution in [2.24, 2.45) is 0 Å². The first-order valence-electron chi connectivity index (χ1n) is 8.63. The summed E-state index contributed by atoms with van der Waals surface area (Å²) in [5.41, 5.74) is 1.23. The first kappa shape index (κ1) is 20.3. The third-order valence-corrected chi connectivity index (χ3v) is 4.35. The normalized spacial score (nSPS) is 11.3. The van der Waals surface area contributed by atoms with E-state index < -0.39 is 11.5 Å². The minimum Gasteiger partial charge on any atom is -0.389 e. The Hall–Kier alpha value is -2.47. The largest absolute Gasteiger partial charge is 0.389 e. The average Bonchev–Trinajstić information content (AvgIpc) is 2.65. The summed E-state index contributed by atoms with van der Waals surface area (Å²) in [4.78, 5) is 21.6. The van der Waals surface area contributed by atoms with E-state index in [1.807, 2.05) is 18.2 Å². The number of hydrogen-bond acceptors (Lipinski definition) is 4. The van der Waals surface area contributed by atoms with E-state index in [0.29, 0.717) is 27.1 Å². The Bertz CT molecular complexity index is 999. The third kappa shape index (κ3) is 5.29. The maximum Gasteiger partial charge on any atom is 0.270 e. The number of halogens is 2. The van der Waals surface area contributed by atoms with Gasteiger partial charge in [-0.15, -0.1) is 0 Å². The summed E-state index contributed by atoms with van der Waals surface area (Å²) >= 11 is 12.1. The number of aliphatic hydroxyl groups is 1. The predicted octanol–water partition coefficient (Wildman–Crippen LogP) is 4.62. The number of carbonyl (C=O) groups is 1. The summed E-state index contributed by atoms with van der Waals surface area (Å²) in [5.74, 6) is -0.0219. The fourth-order valence-electron chi connectivity index (χ4n) is 2.48. The highest BCUT2D eigenvalue weighted by Gasteiger charge is 2.18. The second kappa shape index (κ2) is 8.27. The number of aromatic nitrogens is 2. The fraction of sp³-hybridized carbons (Fsp3) is 0.190. The molecule has 0 saturated carbocycles. The van der Waals surface area contributed by atoms with Crippen LogP contribution in [0.4, 0.5) is 0 Å². The molecule has 0 unspecified atom stereocenters. The highest BCUT2D eigenvalue weighted by molar-refractivity contribution is 6.31. The van der Waals surface area contributed by atoms with E-state index >= 15 is 0 Å². The summed E-state index contributed by atoms with van der Waals surface area (Å²) in [6.45, 7) is 3.33. The lowest BCUT2D eigenvalue weighted by Gasteiger charge is -2.17. The number of amides is 1. The predicted molar refractivity (Wildman–Crippen MR) is 112 cm³/mol. The van der Waals surface area contributed by atoms with E-state index in [0.717, 1.165) is 5.56 Å². The first-order valence-corrected chi connectivity index (χ1v) is 9.38. The van der Waals surface area contributed by atoms with Gasteiger partial charge in [0.1, 0.15) is 5.69 Å². The van der Waals surface area contributed by atoms with Crippen molar-refractivity contribution in [1.82, 2.24) is 15.3 Å². The molecule has 1 heterocycles. The maximum absolute atomic E-state index is 12.6. The maximum atomic E-state index is 12.6. The molecule has 0 bridgehead atoms. The average molecular weight is 416 g/mol. The Kier molecular flexibility index (Phi) is 5.98. The van der Waals surface area contributed by atoms with Crippen LogP contribution in [0.2, 0.25) is 10.0 Å². The zero-order chi connectivity index (χ0) is 20.3. The van der Waals surface area contributed by atoms with Gasteiger partial charge in [0.2, 0.25) is 0 Å². The number of hydrogen-bond donors (Lipinski definition) is 2. The van der Waals surface area contributed by atoms with Gasteiger partial charge in [-0.05, 0) is 44.2 Å². The van der Waals surface area contributed by atoms with Crippen molar-refractivity contribution in [3.05, 3.63) is 70.3 Å². The van der Waals surface area contributed by atoms with E-state index in [-0.39, 0.29) is 12.2 Å². The molecule has 7 heteroatoms. The Balaban J connectivity index is 2.05. The Labute approximate surface area is 173 Å². The lowest BCUT2D eigenvalue weighted by Crippen LogP contribution is -2.38. The van der Waals surface area contributed by atoms with Gasteiger partial charge in [0.25, 0.3) is 5.91 Å². The molecule has 28 heavy (non-hydrogen) atoms. The van der Waals surface area contributed by atoms with Gasteiger partial charge < -0.3 is 10.4 Å². The van der Waals surface area contributed by atoms with Crippen LogP contribution in [0, 0.1) is 0 Å². The highest BCUT2D eigenvalue weighted by Crippen LogP contribution is 2.25. The molecule has 144 valence electrons. The molecule has 0 saturated heterocycles. The molecule has 3 rings (SSSR count). The van der Waals surface area contributed by atoms with Crippen LogP contribution in [-0.2, 0) is 0 Å². The molecule has 0 spiro atoms. The third-order valence-electron chi connectivity index (χ3n) is 3.86. The van der Waals surface area contributed by atoms with E-state index in [4.69, 9.17) is 23.2 Å². The number of benzene rings is 2. The smallest absolute Gasteiger partial charge is 0.270 e. The zero-order valence-corrected chi connectivity index (χ0v) is 16.9. The van der Waals surface area contributed by atoms with Crippen molar-refractivity contribution in [3.8, 4) is 22.6 Å². The van der Waals surface area contributed by atoms with Crippen LogP contribution >= 0.6 is 23.2 Å². The first-order chi connectivity index (χ1) is 13.2. The number of nitrogens with one attached hydrogen (secondary N) is 1. The molecular weight excluding hydrogens is 397 g/mol. The molecule has 2 aromatic carbocycles. The Morgan fingerprint density at radius 3 is 2.36 bits per heavy atom. The molecular formula is C21H19Cl2N3O2. The molecule has 0 radical (unpaired) electrons. The van der Waals surface area contributed by atoms with Crippen LogP contribution in [0.1, 0.15) is 24.3 Å². The molecule has 0 aliphatic carbocycles. The van der Waals surface area contributed by atoms with Crippen LogP contribution < -0.4 is 5.32 Å². The van der Waals surface area contributed by atoms with Crippen molar-refractivity contribution in [2.45, 2.75) is 19.4 Å². The SMILES string of the molecule is CC(C)(O)CNC(=O)c1cc(-c2ccc(Cl)cc2)nc(-c2cccc(Cl)c2)n1. The molecule has 2 N–H and O–H groups in total. The molecule has 5 nitrogen and oxygen atoms in total. The number of carbonyl (C=O) groups excluding carboxylic acids is 1. The van der Waals surface area contributed by atoms with Crippen molar-refractivity contribution in [1.29, 1.82) is 0 Å². The molecule has 0 atom stereocenters. The quantitative estimate of drug-likeness (QED) is 0.637. The van der Waals surface area contributed by atoms with Gasteiger partial charge in [0, 0.05) is 27.7 Å². The summed E-state index contributed by atoms with van der Waals surface area (Å²) in [6.07, 6.45) is 0. The standard InChI is InChI=1S/C21H19Cl2N3O2/c1-21(2,28)12-24-20(27)18-11-17(13-6-8-15(22)9-7-13)25-19(26-18)14-4-3-5-16(23)10-14/h3-11,28H,12H2,1-2H3,(H,24,27). The number of nitrogens with zero attached hydrogens (tertiary/aromatic N) is 2.